The van der Waals surface area contributed by atoms with E-state index < -0.39 is 17.0 Å². The second-order valence-corrected chi connectivity index (χ2v) is 4.91. The largest absolute Gasteiger partial charge is 0.454 e. The fourth-order valence-corrected chi connectivity index (χ4v) is 2.16. The summed E-state index contributed by atoms with van der Waals surface area (Å²) in [4.78, 5) is 25.6. The number of carbonyl (C=O) groups is 1. The van der Waals surface area contributed by atoms with Gasteiger partial charge in [-0.1, -0.05) is 30.3 Å². The topological polar surface area (TPSA) is 96.5 Å². The van der Waals surface area contributed by atoms with Gasteiger partial charge in [0.05, 0.1) is 6.54 Å². The van der Waals surface area contributed by atoms with Crippen LogP contribution in [-0.4, -0.2) is 33.2 Å². The second-order valence-electron chi connectivity index (χ2n) is 4.91. The van der Waals surface area contributed by atoms with E-state index in [0.29, 0.717) is 0 Å². The molecule has 0 spiro atoms. The van der Waals surface area contributed by atoms with Crippen molar-refractivity contribution in [3.63, 3.8) is 0 Å². The fourth-order valence-electron chi connectivity index (χ4n) is 2.16. The van der Waals surface area contributed by atoms with Gasteiger partial charge in [-0.2, -0.15) is 0 Å². The maximum absolute atomic E-state index is 11.8. The molecule has 2 heterocycles. The van der Waals surface area contributed by atoms with Crippen LogP contribution >= 0.6 is 0 Å². The predicted molar refractivity (Wildman–Crippen MR) is 79.7 cm³/mol. The first-order valence-corrected chi connectivity index (χ1v) is 6.90. The summed E-state index contributed by atoms with van der Waals surface area (Å²) in [6, 6.07) is 9.51. The Morgan fingerprint density at radius 1 is 1.43 bits per heavy atom. The third-order valence-corrected chi connectivity index (χ3v) is 3.21. The second kappa shape index (κ2) is 6.30. The van der Waals surface area contributed by atoms with Gasteiger partial charge in [0, 0.05) is 11.1 Å². The molecular formula is C15H13N3O5. The molecule has 3 rings (SSSR count). The van der Waals surface area contributed by atoms with Crippen LogP contribution in [0.5, 0.6) is 6.01 Å². The van der Waals surface area contributed by atoms with Crippen LogP contribution in [0.1, 0.15) is 5.56 Å². The first kappa shape index (κ1) is 14.8. The number of nitro groups is 1. The van der Waals surface area contributed by atoms with Crippen LogP contribution in [0, 0.1) is 10.1 Å². The molecule has 1 aromatic heterocycles. The number of rotatable bonds is 4. The Morgan fingerprint density at radius 3 is 2.96 bits per heavy atom. The van der Waals surface area contributed by atoms with Crippen LogP contribution in [0.4, 0.5) is 5.82 Å². The molecule has 8 heteroatoms. The number of hydrogen-bond donors (Lipinski definition) is 0. The number of carbonyl (C=O) groups excluding carboxylic acids is 1. The molecule has 8 nitrogen and oxygen atoms in total. The Kier molecular flexibility index (Phi) is 4.05. The Bertz CT molecular complexity index is 754. The number of ether oxygens (including phenoxy) is 2. The quantitative estimate of drug-likeness (QED) is 0.369. The van der Waals surface area contributed by atoms with Crippen LogP contribution < -0.4 is 4.74 Å². The fraction of sp³-hybridized carbons (Fsp3) is 0.200. The first-order chi connectivity index (χ1) is 11.1. The number of imidazole rings is 1. The first-order valence-electron chi connectivity index (χ1n) is 6.90. The standard InChI is InChI=1S/C15H13N3O5/c19-14(7-6-11-4-2-1-3-5-11)23-12-8-17-9-13(18(20)21)16-15(17)22-10-12/h1-7,9,12H,8,10H2/b7-6+. The molecule has 118 valence electrons. The van der Waals surface area contributed by atoms with Gasteiger partial charge in [0.2, 0.25) is 0 Å². The predicted octanol–water partition coefficient (Wildman–Crippen LogP) is 1.81. The van der Waals surface area contributed by atoms with E-state index in [1.54, 1.807) is 6.08 Å². The van der Waals surface area contributed by atoms with E-state index in [2.05, 4.69) is 4.98 Å². The van der Waals surface area contributed by atoms with Crippen molar-refractivity contribution in [1.29, 1.82) is 0 Å². The maximum atomic E-state index is 11.8. The molecule has 1 aliphatic rings. The third-order valence-electron chi connectivity index (χ3n) is 3.21. The van der Waals surface area contributed by atoms with E-state index in [-0.39, 0.29) is 25.0 Å². The average molecular weight is 315 g/mol. The monoisotopic (exact) mass is 315 g/mol. The summed E-state index contributed by atoms with van der Waals surface area (Å²) in [6.45, 7) is 0.375. The van der Waals surface area contributed by atoms with Crippen molar-refractivity contribution in [2.24, 2.45) is 0 Å². The molecule has 1 aromatic carbocycles. The van der Waals surface area contributed by atoms with Crippen molar-refractivity contribution in [2.45, 2.75) is 12.6 Å². The lowest BCUT2D eigenvalue weighted by Crippen LogP contribution is -2.33. The molecule has 0 N–H and O–H groups in total. The average Bonchev–Trinajstić information content (AvgIpc) is 2.97. The van der Waals surface area contributed by atoms with Gasteiger partial charge in [-0.05, 0) is 16.6 Å². The Balaban J connectivity index is 1.59. The van der Waals surface area contributed by atoms with E-state index in [1.807, 2.05) is 30.3 Å². The van der Waals surface area contributed by atoms with Crippen LogP contribution in [0.25, 0.3) is 6.08 Å². The van der Waals surface area contributed by atoms with Gasteiger partial charge in [-0.25, -0.2) is 4.79 Å². The van der Waals surface area contributed by atoms with E-state index in [0.717, 1.165) is 5.56 Å². The minimum Gasteiger partial charge on any atom is -0.454 e. The highest BCUT2D eigenvalue weighted by molar-refractivity contribution is 5.87. The summed E-state index contributed by atoms with van der Waals surface area (Å²) in [5.74, 6) is -0.795. The van der Waals surface area contributed by atoms with Crippen LogP contribution in [0.15, 0.2) is 42.6 Å². The van der Waals surface area contributed by atoms with Gasteiger partial charge in [0.25, 0.3) is 0 Å². The number of hydrogen-bond acceptors (Lipinski definition) is 6. The molecule has 0 saturated carbocycles. The molecule has 0 saturated heterocycles. The van der Waals surface area contributed by atoms with Crippen LogP contribution in [0.2, 0.25) is 0 Å². The lowest BCUT2D eigenvalue weighted by atomic mass is 10.2. The minimum absolute atomic E-state index is 0.110. The maximum Gasteiger partial charge on any atom is 0.414 e. The zero-order valence-corrected chi connectivity index (χ0v) is 12.0. The summed E-state index contributed by atoms with van der Waals surface area (Å²) in [7, 11) is 0. The number of benzene rings is 1. The van der Waals surface area contributed by atoms with Crippen molar-refractivity contribution < 1.29 is 19.2 Å². The highest BCUT2D eigenvalue weighted by atomic mass is 16.6. The van der Waals surface area contributed by atoms with Crippen LogP contribution in [0.3, 0.4) is 0 Å². The minimum atomic E-state index is -0.599. The summed E-state index contributed by atoms with van der Waals surface area (Å²) >= 11 is 0. The lowest BCUT2D eigenvalue weighted by Gasteiger charge is -2.21. The molecule has 2 aromatic rings. The molecule has 0 fully saturated rings. The van der Waals surface area contributed by atoms with Gasteiger partial charge in [0.15, 0.2) is 6.10 Å². The molecule has 1 atom stereocenters. The number of nitrogens with zero attached hydrogens (tertiary/aromatic N) is 3. The van der Waals surface area contributed by atoms with Crippen molar-refractivity contribution in [1.82, 2.24) is 9.55 Å². The van der Waals surface area contributed by atoms with E-state index in [9.17, 15) is 14.9 Å². The van der Waals surface area contributed by atoms with Gasteiger partial charge in [-0.15, -0.1) is 0 Å². The normalized spacial score (nSPS) is 16.6. The highest BCUT2D eigenvalue weighted by Crippen LogP contribution is 2.22. The van der Waals surface area contributed by atoms with Gasteiger partial charge in [-0.3, -0.25) is 4.57 Å². The van der Waals surface area contributed by atoms with Gasteiger partial charge >= 0.3 is 17.8 Å². The number of fused-ring (bicyclic) bond motifs is 1. The molecule has 1 aliphatic heterocycles. The SMILES string of the molecule is O=C(/C=C/c1ccccc1)OC1COc2nc([N+](=O)[O-])cn2C1. The highest BCUT2D eigenvalue weighted by Gasteiger charge is 2.29. The third kappa shape index (κ3) is 3.54. The van der Waals surface area contributed by atoms with Crippen LogP contribution in [-0.2, 0) is 16.1 Å². The summed E-state index contributed by atoms with van der Waals surface area (Å²) < 4.78 is 12.0. The van der Waals surface area contributed by atoms with Crippen molar-refractivity contribution >= 4 is 17.9 Å². The zero-order chi connectivity index (χ0) is 16.2. The smallest absolute Gasteiger partial charge is 0.414 e. The van der Waals surface area contributed by atoms with Gasteiger partial charge < -0.3 is 19.6 Å². The molecular weight excluding hydrogens is 302 g/mol. The Morgan fingerprint density at radius 2 is 2.22 bits per heavy atom. The zero-order valence-electron chi connectivity index (χ0n) is 12.0. The summed E-state index contributed by atoms with van der Waals surface area (Å²) in [5.41, 5.74) is 0.886. The molecule has 0 bridgehead atoms. The van der Waals surface area contributed by atoms with Gasteiger partial charge in [0.1, 0.15) is 12.8 Å². The Hall–Kier alpha value is -3.16. The number of esters is 1. The summed E-state index contributed by atoms with van der Waals surface area (Å²) in [6.07, 6.45) is 3.72. The number of aromatic nitrogens is 2. The van der Waals surface area contributed by atoms with E-state index in [1.165, 1.54) is 16.8 Å². The van der Waals surface area contributed by atoms with E-state index in [4.69, 9.17) is 9.47 Å². The molecule has 1 unspecified atom stereocenters. The molecule has 0 aliphatic carbocycles. The van der Waals surface area contributed by atoms with Crippen molar-refractivity contribution in [3.8, 4) is 6.01 Å². The van der Waals surface area contributed by atoms with Crippen molar-refractivity contribution in [3.05, 3.63) is 58.3 Å². The lowest BCUT2D eigenvalue weighted by molar-refractivity contribution is -0.389. The van der Waals surface area contributed by atoms with E-state index >= 15 is 0 Å². The molecule has 23 heavy (non-hydrogen) atoms. The Labute approximate surface area is 131 Å². The van der Waals surface area contributed by atoms with Crippen molar-refractivity contribution in [2.75, 3.05) is 6.61 Å². The molecule has 0 radical (unpaired) electrons. The molecule has 0 amide bonds. The summed E-state index contributed by atoms with van der Waals surface area (Å²) in [5, 5.41) is 10.7.